The number of hydrogen-bond donors (Lipinski definition) is 0. The number of carbonyl (C=O) groups is 1. The SMILES string of the molecule is Cc1cn(CCCC2=Cc3cc(Cl)ccc3[C@H](C3CCN(C(=O)OC4CCCCC4)CC3)c3ncccc32)cn1. The minimum Gasteiger partial charge on any atom is -0.446 e. The van der Waals surface area contributed by atoms with Crippen LogP contribution in [0.3, 0.4) is 0 Å². The van der Waals surface area contributed by atoms with Crippen molar-refractivity contribution < 1.29 is 9.53 Å². The highest BCUT2D eigenvalue weighted by Gasteiger charge is 2.36. The normalized spacial score (nSPS) is 19.9. The van der Waals surface area contributed by atoms with Gasteiger partial charge in [-0.05, 0) is 105 Å². The van der Waals surface area contributed by atoms with Crippen molar-refractivity contribution >= 4 is 29.3 Å². The van der Waals surface area contributed by atoms with Crippen molar-refractivity contribution in [2.75, 3.05) is 13.1 Å². The number of benzene rings is 1. The van der Waals surface area contributed by atoms with Gasteiger partial charge in [-0.15, -0.1) is 0 Å². The Morgan fingerprint density at radius 1 is 1.07 bits per heavy atom. The van der Waals surface area contributed by atoms with E-state index in [1.807, 2.05) is 30.4 Å². The average molecular weight is 559 g/mol. The number of imidazole rings is 1. The molecule has 7 heteroatoms. The number of likely N-dealkylation sites (tertiary alicyclic amines) is 1. The van der Waals surface area contributed by atoms with Gasteiger partial charge in [-0.3, -0.25) is 4.98 Å². The molecule has 1 aliphatic heterocycles. The zero-order chi connectivity index (χ0) is 27.5. The van der Waals surface area contributed by atoms with E-state index in [4.69, 9.17) is 21.3 Å². The lowest BCUT2D eigenvalue weighted by atomic mass is 9.76. The van der Waals surface area contributed by atoms with Crippen LogP contribution in [0.15, 0.2) is 49.1 Å². The van der Waals surface area contributed by atoms with Crippen molar-refractivity contribution in [2.45, 2.75) is 83.3 Å². The fourth-order valence-electron chi connectivity index (χ4n) is 6.85. The van der Waals surface area contributed by atoms with Gasteiger partial charge in [0.2, 0.25) is 0 Å². The summed E-state index contributed by atoms with van der Waals surface area (Å²) in [6.45, 7) is 4.40. The Kier molecular flexibility index (Phi) is 8.24. The van der Waals surface area contributed by atoms with Gasteiger partial charge in [0.15, 0.2) is 0 Å². The van der Waals surface area contributed by atoms with Crippen molar-refractivity contribution in [1.29, 1.82) is 0 Å². The maximum absolute atomic E-state index is 12.9. The van der Waals surface area contributed by atoms with Crippen molar-refractivity contribution in [3.05, 3.63) is 82.2 Å². The number of allylic oxidation sites excluding steroid dienone is 1. The molecule has 0 radical (unpaired) electrons. The number of amides is 1. The molecule has 0 bridgehead atoms. The van der Waals surface area contributed by atoms with E-state index >= 15 is 0 Å². The summed E-state index contributed by atoms with van der Waals surface area (Å²) < 4.78 is 8.05. The molecule has 1 saturated heterocycles. The molecule has 3 aromatic rings. The van der Waals surface area contributed by atoms with Crippen LogP contribution in [-0.2, 0) is 11.3 Å². The number of aromatic nitrogens is 3. The number of aryl methyl sites for hydroxylation is 2. The summed E-state index contributed by atoms with van der Waals surface area (Å²) in [5, 5.41) is 0.751. The third-order valence-electron chi connectivity index (χ3n) is 8.91. The number of carbonyl (C=O) groups excluding carboxylic acids is 1. The third-order valence-corrected chi connectivity index (χ3v) is 9.14. The molecule has 1 saturated carbocycles. The van der Waals surface area contributed by atoms with E-state index in [-0.39, 0.29) is 18.1 Å². The lowest BCUT2D eigenvalue weighted by molar-refractivity contribution is 0.0372. The van der Waals surface area contributed by atoms with E-state index in [9.17, 15) is 4.79 Å². The second kappa shape index (κ2) is 12.2. The molecule has 0 N–H and O–H groups in total. The van der Waals surface area contributed by atoms with Crippen molar-refractivity contribution in [3.63, 3.8) is 0 Å². The highest BCUT2D eigenvalue weighted by atomic mass is 35.5. The van der Waals surface area contributed by atoms with Crippen LogP contribution < -0.4 is 0 Å². The largest absolute Gasteiger partial charge is 0.446 e. The monoisotopic (exact) mass is 558 g/mol. The maximum atomic E-state index is 12.9. The quantitative estimate of drug-likeness (QED) is 0.308. The van der Waals surface area contributed by atoms with Crippen molar-refractivity contribution in [3.8, 4) is 0 Å². The molecular weight excluding hydrogens is 520 g/mol. The summed E-state index contributed by atoms with van der Waals surface area (Å²) in [5.41, 5.74) is 7.20. The van der Waals surface area contributed by atoms with Crippen LogP contribution in [0.25, 0.3) is 11.6 Å². The van der Waals surface area contributed by atoms with Gasteiger partial charge in [0, 0.05) is 43.0 Å². The standard InChI is InChI=1S/C33H39ClN4O2/c1-23-21-37(22-36-23)16-6-7-25-19-26-20-27(34)11-12-29(26)31(32-30(25)10-5-15-35-32)24-13-17-38(18-14-24)33(39)40-28-8-3-2-4-9-28/h5,10-12,15,19-22,24,28,31H,2-4,6-9,13-14,16-18H2,1H3/t31-/m0/s1. The van der Waals surface area contributed by atoms with Crippen LogP contribution in [0, 0.1) is 12.8 Å². The second-order valence-electron chi connectivity index (χ2n) is 11.7. The van der Waals surface area contributed by atoms with E-state index in [0.717, 1.165) is 87.4 Å². The first-order chi connectivity index (χ1) is 19.5. The molecule has 1 aromatic carbocycles. The molecule has 1 amide bonds. The second-order valence-corrected chi connectivity index (χ2v) is 12.1. The van der Waals surface area contributed by atoms with Crippen LogP contribution in [-0.4, -0.2) is 44.7 Å². The highest BCUT2D eigenvalue weighted by Crippen LogP contribution is 2.45. The number of ether oxygens (including phenoxy) is 1. The van der Waals surface area contributed by atoms with Crippen LogP contribution in [0.5, 0.6) is 0 Å². The Hall–Kier alpha value is -3.12. The third kappa shape index (κ3) is 5.97. The number of fused-ring (bicyclic) bond motifs is 2. The minimum absolute atomic E-state index is 0.0934. The van der Waals surface area contributed by atoms with Crippen LogP contribution >= 0.6 is 11.6 Å². The fourth-order valence-corrected chi connectivity index (χ4v) is 7.03. The summed E-state index contributed by atoms with van der Waals surface area (Å²) in [6.07, 6.45) is 17.6. The molecule has 3 heterocycles. The van der Waals surface area contributed by atoms with Crippen molar-refractivity contribution in [2.24, 2.45) is 5.92 Å². The number of rotatable bonds is 6. The van der Waals surface area contributed by atoms with Crippen LogP contribution in [0.2, 0.25) is 5.02 Å². The van der Waals surface area contributed by atoms with Gasteiger partial charge >= 0.3 is 6.09 Å². The summed E-state index contributed by atoms with van der Waals surface area (Å²) in [7, 11) is 0. The Morgan fingerprint density at radius 2 is 1.90 bits per heavy atom. The minimum atomic E-state index is -0.131. The van der Waals surface area contributed by atoms with E-state index < -0.39 is 0 Å². The maximum Gasteiger partial charge on any atom is 0.410 e. The Labute approximate surface area is 242 Å². The summed E-state index contributed by atoms with van der Waals surface area (Å²) in [4.78, 5) is 24.3. The molecule has 6 rings (SSSR count). The lowest BCUT2D eigenvalue weighted by Crippen LogP contribution is -2.41. The van der Waals surface area contributed by atoms with Gasteiger partial charge in [-0.2, -0.15) is 0 Å². The first-order valence-corrected chi connectivity index (χ1v) is 15.3. The number of hydrogen-bond acceptors (Lipinski definition) is 4. The summed E-state index contributed by atoms with van der Waals surface area (Å²) >= 11 is 6.53. The van der Waals surface area contributed by atoms with Crippen LogP contribution in [0.4, 0.5) is 4.79 Å². The number of piperidine rings is 1. The topological polar surface area (TPSA) is 60.2 Å². The highest BCUT2D eigenvalue weighted by molar-refractivity contribution is 6.30. The van der Waals surface area contributed by atoms with Crippen molar-refractivity contribution in [1.82, 2.24) is 19.4 Å². The molecule has 2 aliphatic carbocycles. The molecular formula is C33H39ClN4O2. The Morgan fingerprint density at radius 3 is 2.67 bits per heavy atom. The molecule has 0 unspecified atom stereocenters. The summed E-state index contributed by atoms with van der Waals surface area (Å²) in [6, 6.07) is 10.6. The molecule has 2 fully saturated rings. The van der Waals surface area contributed by atoms with Gasteiger partial charge in [-0.1, -0.05) is 36.2 Å². The zero-order valence-corrected chi connectivity index (χ0v) is 24.2. The molecule has 1 atom stereocenters. The predicted molar refractivity (Wildman–Crippen MR) is 159 cm³/mol. The first-order valence-electron chi connectivity index (χ1n) is 14.9. The fraction of sp³-hybridized carbons (Fsp3) is 0.485. The molecule has 40 heavy (non-hydrogen) atoms. The van der Waals surface area contributed by atoms with Crippen LogP contribution in [0.1, 0.15) is 91.8 Å². The number of halogens is 1. The van der Waals surface area contributed by atoms with E-state index in [1.165, 1.54) is 28.7 Å². The summed E-state index contributed by atoms with van der Waals surface area (Å²) in [5.74, 6) is 0.541. The lowest BCUT2D eigenvalue weighted by Gasteiger charge is -2.37. The van der Waals surface area contributed by atoms with E-state index in [1.54, 1.807) is 0 Å². The van der Waals surface area contributed by atoms with Gasteiger partial charge < -0.3 is 14.2 Å². The Bertz CT molecular complexity index is 1370. The number of pyridine rings is 1. The molecule has 210 valence electrons. The van der Waals surface area contributed by atoms with Gasteiger partial charge in [-0.25, -0.2) is 9.78 Å². The predicted octanol–water partition coefficient (Wildman–Crippen LogP) is 7.89. The van der Waals surface area contributed by atoms with E-state index in [0.29, 0.717) is 5.92 Å². The van der Waals surface area contributed by atoms with Gasteiger partial charge in [0.1, 0.15) is 6.10 Å². The zero-order valence-electron chi connectivity index (χ0n) is 23.4. The molecule has 2 aromatic heterocycles. The first kappa shape index (κ1) is 27.1. The van der Waals surface area contributed by atoms with Gasteiger partial charge in [0.25, 0.3) is 0 Å². The smallest absolute Gasteiger partial charge is 0.410 e. The average Bonchev–Trinajstić information content (AvgIpc) is 3.33. The molecule has 3 aliphatic rings. The van der Waals surface area contributed by atoms with E-state index in [2.05, 4.69) is 46.1 Å². The molecule has 6 nitrogen and oxygen atoms in total. The number of nitrogens with zero attached hydrogens (tertiary/aromatic N) is 4. The van der Waals surface area contributed by atoms with Gasteiger partial charge in [0.05, 0.1) is 17.7 Å². The molecule has 0 spiro atoms. The Balaban J connectivity index is 1.22.